The highest BCUT2D eigenvalue weighted by atomic mass is 31.2. The summed E-state index contributed by atoms with van der Waals surface area (Å²) in [6.07, 6.45) is 75.2. The van der Waals surface area contributed by atoms with Gasteiger partial charge in [-0.3, -0.25) is 37.3 Å². The van der Waals surface area contributed by atoms with E-state index < -0.39 is 97.5 Å². The second-order valence-electron chi connectivity index (χ2n) is 33.1. The minimum atomic E-state index is -4.97. The Balaban J connectivity index is 5.17. The summed E-state index contributed by atoms with van der Waals surface area (Å²) >= 11 is 0. The number of rotatable bonds is 89. The van der Waals surface area contributed by atoms with Crippen LogP contribution in [0, 0.1) is 11.8 Å². The van der Waals surface area contributed by atoms with Gasteiger partial charge in [0.2, 0.25) is 0 Å². The lowest BCUT2D eigenvalue weighted by molar-refractivity contribution is -0.161. The molecule has 0 aliphatic heterocycles. The molecule has 0 aliphatic carbocycles. The third-order valence-corrected chi connectivity index (χ3v) is 23.5. The van der Waals surface area contributed by atoms with E-state index in [0.29, 0.717) is 25.7 Å². The average molecular weight is 1590 g/mol. The first kappa shape index (κ1) is 107. The Morgan fingerprint density at radius 2 is 0.468 bits per heavy atom. The SMILES string of the molecule is CCCCCCCCCCCCCCCCCCCCCCCCC(=O)OC[C@H](COP(=O)(O)OC[C@@H](O)COP(=O)(O)OC[C@@H](COC(=O)CCCCCCCCCC)OC(=O)CCCCCCCCCCCCCCCCC(C)C)OC(=O)CCCCCCCCCCCCCCCCCCCCC(C)CC. The maximum Gasteiger partial charge on any atom is 0.472 e. The van der Waals surface area contributed by atoms with Gasteiger partial charge in [-0.05, 0) is 37.5 Å². The molecule has 0 spiro atoms. The van der Waals surface area contributed by atoms with E-state index in [-0.39, 0.29) is 25.7 Å². The molecular formula is C90H176O17P2. The monoisotopic (exact) mass is 1590 g/mol. The second-order valence-corrected chi connectivity index (χ2v) is 36.0. The highest BCUT2D eigenvalue weighted by Gasteiger charge is 2.31. The normalized spacial score (nSPS) is 14.0. The summed E-state index contributed by atoms with van der Waals surface area (Å²) < 4.78 is 68.9. The van der Waals surface area contributed by atoms with Crippen molar-refractivity contribution in [3.8, 4) is 0 Å². The highest BCUT2D eigenvalue weighted by molar-refractivity contribution is 7.47. The molecule has 0 heterocycles. The van der Waals surface area contributed by atoms with Crippen molar-refractivity contribution in [1.29, 1.82) is 0 Å². The van der Waals surface area contributed by atoms with Gasteiger partial charge in [-0.2, -0.15) is 0 Å². The molecule has 3 N–H and O–H groups in total. The molecule has 19 heteroatoms. The van der Waals surface area contributed by atoms with Crippen LogP contribution in [0.5, 0.6) is 0 Å². The summed E-state index contributed by atoms with van der Waals surface area (Å²) in [5, 5.41) is 10.7. The van der Waals surface area contributed by atoms with Crippen molar-refractivity contribution in [3.63, 3.8) is 0 Å². The van der Waals surface area contributed by atoms with Crippen LogP contribution in [-0.4, -0.2) is 96.7 Å². The minimum Gasteiger partial charge on any atom is -0.462 e. The Labute approximate surface area is 670 Å². The predicted octanol–water partition coefficient (Wildman–Crippen LogP) is 27.8. The van der Waals surface area contributed by atoms with Gasteiger partial charge in [0.15, 0.2) is 12.2 Å². The van der Waals surface area contributed by atoms with E-state index in [2.05, 4.69) is 41.5 Å². The standard InChI is InChI=1S/C90H176O17P2/c1-7-10-12-14-16-18-19-20-21-22-23-24-25-26-30-33-39-44-49-55-61-67-73-88(93)101-79-86(107-90(95)74-68-62-56-50-45-40-34-31-28-27-29-32-38-43-48-53-59-65-71-83(6)9-3)81-105-109(98,99)103-77-84(91)76-102-108(96,97)104-80-85(78-100-87(92)72-66-60-54-17-15-13-11-8-2)106-89(94)75-69-63-57-51-46-41-36-35-37-42-47-52-58-64-70-82(4)5/h82-86,91H,7-81H2,1-6H3,(H,96,97)(H,98,99)/t83?,84-,85+,86+/m0/s1. The summed E-state index contributed by atoms with van der Waals surface area (Å²) in [5.74, 6) is -0.435. The quantitative estimate of drug-likeness (QED) is 0.0222. The zero-order chi connectivity index (χ0) is 79.9. The molecule has 0 amide bonds. The lowest BCUT2D eigenvalue weighted by atomic mass is 9.99. The Hall–Kier alpha value is -1.94. The number of hydrogen-bond donors (Lipinski definition) is 3. The van der Waals surface area contributed by atoms with Gasteiger partial charge < -0.3 is 33.8 Å². The maximum atomic E-state index is 13.2. The van der Waals surface area contributed by atoms with Crippen molar-refractivity contribution in [3.05, 3.63) is 0 Å². The molecule has 0 rings (SSSR count). The smallest absolute Gasteiger partial charge is 0.462 e. The Bertz CT molecular complexity index is 2080. The van der Waals surface area contributed by atoms with Gasteiger partial charge in [0.05, 0.1) is 26.4 Å². The van der Waals surface area contributed by atoms with Gasteiger partial charge in [0.1, 0.15) is 19.3 Å². The molecule has 109 heavy (non-hydrogen) atoms. The lowest BCUT2D eigenvalue weighted by Gasteiger charge is -2.21. The number of phosphoric acid groups is 2. The molecule has 0 aromatic rings. The molecule has 17 nitrogen and oxygen atoms in total. The van der Waals surface area contributed by atoms with Crippen molar-refractivity contribution in [2.75, 3.05) is 39.6 Å². The van der Waals surface area contributed by atoms with E-state index in [0.717, 1.165) is 108 Å². The summed E-state index contributed by atoms with van der Waals surface area (Å²) in [6, 6.07) is 0. The summed E-state index contributed by atoms with van der Waals surface area (Å²) in [7, 11) is -9.93. The van der Waals surface area contributed by atoms with Crippen LogP contribution in [0.2, 0.25) is 0 Å². The number of carbonyl (C=O) groups excluding carboxylic acids is 4. The van der Waals surface area contributed by atoms with Crippen molar-refractivity contribution >= 4 is 39.5 Å². The molecule has 6 atom stereocenters. The largest absolute Gasteiger partial charge is 0.472 e. The fraction of sp³-hybridized carbons (Fsp3) is 0.956. The fourth-order valence-corrected chi connectivity index (χ4v) is 15.7. The number of carbonyl (C=O) groups is 4. The molecule has 648 valence electrons. The fourth-order valence-electron chi connectivity index (χ4n) is 14.1. The number of phosphoric ester groups is 2. The van der Waals surface area contributed by atoms with Crippen molar-refractivity contribution in [2.45, 2.75) is 503 Å². The van der Waals surface area contributed by atoms with Crippen LogP contribution in [-0.2, 0) is 65.4 Å². The van der Waals surface area contributed by atoms with Crippen molar-refractivity contribution < 1.29 is 80.2 Å². The third-order valence-electron chi connectivity index (χ3n) is 21.6. The van der Waals surface area contributed by atoms with Crippen LogP contribution in [0.25, 0.3) is 0 Å². The number of esters is 4. The Morgan fingerprint density at radius 1 is 0.266 bits per heavy atom. The molecular weight excluding hydrogens is 1410 g/mol. The minimum absolute atomic E-state index is 0.108. The van der Waals surface area contributed by atoms with Crippen molar-refractivity contribution in [2.24, 2.45) is 11.8 Å². The molecule has 0 aromatic carbocycles. The van der Waals surface area contributed by atoms with Gasteiger partial charge in [0, 0.05) is 25.7 Å². The highest BCUT2D eigenvalue weighted by Crippen LogP contribution is 2.45. The van der Waals surface area contributed by atoms with Gasteiger partial charge in [-0.1, -0.05) is 433 Å². The first-order valence-electron chi connectivity index (χ1n) is 46.5. The zero-order valence-electron chi connectivity index (χ0n) is 71.9. The Kier molecular flexibility index (Phi) is 79.8. The van der Waals surface area contributed by atoms with Crippen LogP contribution in [0.3, 0.4) is 0 Å². The molecule has 0 aliphatic rings. The van der Waals surface area contributed by atoms with Gasteiger partial charge >= 0.3 is 39.5 Å². The first-order valence-corrected chi connectivity index (χ1v) is 49.5. The summed E-state index contributed by atoms with van der Waals surface area (Å²) in [4.78, 5) is 73.2. The first-order chi connectivity index (χ1) is 52.9. The van der Waals surface area contributed by atoms with Gasteiger partial charge in [-0.25, -0.2) is 9.13 Å². The third kappa shape index (κ3) is 82.4. The summed E-state index contributed by atoms with van der Waals surface area (Å²) in [5.41, 5.74) is 0. The van der Waals surface area contributed by atoms with Crippen LogP contribution in [0.4, 0.5) is 0 Å². The van der Waals surface area contributed by atoms with E-state index in [9.17, 15) is 43.2 Å². The van der Waals surface area contributed by atoms with E-state index in [1.807, 2.05) is 0 Å². The number of unbranched alkanes of at least 4 members (excludes halogenated alkanes) is 58. The summed E-state index contributed by atoms with van der Waals surface area (Å²) in [6.45, 7) is 9.75. The Morgan fingerprint density at radius 3 is 0.697 bits per heavy atom. The topological polar surface area (TPSA) is 237 Å². The van der Waals surface area contributed by atoms with E-state index in [1.165, 1.54) is 295 Å². The predicted molar refractivity (Wildman–Crippen MR) is 451 cm³/mol. The maximum absolute atomic E-state index is 13.2. The van der Waals surface area contributed by atoms with Crippen molar-refractivity contribution in [1.82, 2.24) is 0 Å². The number of hydrogen-bond acceptors (Lipinski definition) is 15. The van der Waals surface area contributed by atoms with E-state index in [4.69, 9.17) is 37.0 Å². The molecule has 3 unspecified atom stereocenters. The van der Waals surface area contributed by atoms with Crippen LogP contribution < -0.4 is 0 Å². The average Bonchev–Trinajstić information content (AvgIpc) is 0.899. The van der Waals surface area contributed by atoms with Gasteiger partial charge in [0.25, 0.3) is 0 Å². The van der Waals surface area contributed by atoms with E-state index in [1.54, 1.807) is 0 Å². The van der Waals surface area contributed by atoms with E-state index >= 15 is 0 Å². The number of aliphatic hydroxyl groups is 1. The molecule has 0 saturated heterocycles. The second kappa shape index (κ2) is 81.2. The van der Waals surface area contributed by atoms with Crippen LogP contribution >= 0.6 is 15.6 Å². The molecule has 0 saturated carbocycles. The zero-order valence-corrected chi connectivity index (χ0v) is 73.7. The van der Waals surface area contributed by atoms with Crippen LogP contribution in [0.15, 0.2) is 0 Å². The van der Waals surface area contributed by atoms with Gasteiger partial charge in [-0.15, -0.1) is 0 Å². The number of aliphatic hydroxyl groups excluding tert-OH is 1. The molecule has 0 aromatic heterocycles. The lowest BCUT2D eigenvalue weighted by Crippen LogP contribution is -2.30. The molecule has 0 bridgehead atoms. The van der Waals surface area contributed by atoms with Crippen LogP contribution in [0.1, 0.15) is 485 Å². The molecule has 0 fully saturated rings. The molecule has 0 radical (unpaired) electrons. The number of ether oxygens (including phenoxy) is 4.